The topological polar surface area (TPSA) is 42.0 Å². The molecule has 5 heteroatoms. The van der Waals surface area contributed by atoms with Gasteiger partial charge in [-0.15, -0.1) is 0 Å². The van der Waals surface area contributed by atoms with Crippen LogP contribution in [0.1, 0.15) is 23.1 Å². The molecule has 0 aliphatic carbocycles. The Kier molecular flexibility index (Phi) is 5.86. The van der Waals surface area contributed by atoms with E-state index in [9.17, 15) is 4.79 Å². The first-order chi connectivity index (χ1) is 14.2. The maximum atomic E-state index is 12.9. The predicted molar refractivity (Wildman–Crippen MR) is 114 cm³/mol. The first-order valence-corrected chi connectivity index (χ1v) is 10.2. The van der Waals surface area contributed by atoms with E-state index in [4.69, 9.17) is 9.47 Å². The monoisotopic (exact) mass is 392 g/mol. The van der Waals surface area contributed by atoms with Gasteiger partial charge in [0.15, 0.2) is 11.5 Å². The van der Waals surface area contributed by atoms with E-state index in [0.717, 1.165) is 44.0 Å². The molecular formula is C24H28N2O3. The van der Waals surface area contributed by atoms with E-state index in [2.05, 4.69) is 41.3 Å². The summed E-state index contributed by atoms with van der Waals surface area (Å²) in [6, 6.07) is 14.5. The summed E-state index contributed by atoms with van der Waals surface area (Å²) in [6.07, 6.45) is 4.02. The van der Waals surface area contributed by atoms with Crippen molar-refractivity contribution in [1.29, 1.82) is 0 Å². The number of carbonyl (C=O) groups is 1. The number of methoxy groups -OCH3 is 2. The summed E-state index contributed by atoms with van der Waals surface area (Å²) in [4.78, 5) is 17.1. The second-order valence-electron chi connectivity index (χ2n) is 7.62. The summed E-state index contributed by atoms with van der Waals surface area (Å²) >= 11 is 0. The average molecular weight is 392 g/mol. The summed E-state index contributed by atoms with van der Waals surface area (Å²) < 4.78 is 10.8. The van der Waals surface area contributed by atoms with Gasteiger partial charge in [-0.3, -0.25) is 9.69 Å². The third-order valence-corrected chi connectivity index (χ3v) is 5.86. The number of hydrogen-bond acceptors (Lipinski definition) is 4. The molecule has 29 heavy (non-hydrogen) atoms. The van der Waals surface area contributed by atoms with Crippen molar-refractivity contribution < 1.29 is 14.3 Å². The number of carbonyl (C=O) groups excluding carboxylic acids is 1. The molecular weight excluding hydrogens is 364 g/mol. The molecule has 2 aliphatic rings. The van der Waals surface area contributed by atoms with Crippen molar-refractivity contribution in [3.8, 4) is 11.5 Å². The molecule has 0 N–H and O–H groups in total. The van der Waals surface area contributed by atoms with Crippen LogP contribution in [0.5, 0.6) is 11.5 Å². The highest BCUT2D eigenvalue weighted by atomic mass is 16.5. The highest BCUT2D eigenvalue weighted by Gasteiger charge is 2.24. The van der Waals surface area contributed by atoms with Crippen molar-refractivity contribution in [3.63, 3.8) is 0 Å². The van der Waals surface area contributed by atoms with Gasteiger partial charge in [0.2, 0.25) is 5.91 Å². The number of nitrogens with zero attached hydrogens (tertiary/aromatic N) is 2. The highest BCUT2D eigenvalue weighted by molar-refractivity contribution is 5.80. The van der Waals surface area contributed by atoms with E-state index in [1.807, 2.05) is 17.0 Å². The smallest absolute Gasteiger partial charge is 0.237 e. The Balaban J connectivity index is 1.37. The lowest BCUT2D eigenvalue weighted by Crippen LogP contribution is -2.43. The van der Waals surface area contributed by atoms with Crippen LogP contribution in [-0.2, 0) is 17.8 Å². The Morgan fingerprint density at radius 2 is 1.69 bits per heavy atom. The van der Waals surface area contributed by atoms with E-state index < -0.39 is 0 Å². The third-order valence-electron chi connectivity index (χ3n) is 5.86. The third kappa shape index (κ3) is 4.30. The minimum atomic E-state index is 0.206. The molecule has 0 saturated heterocycles. The van der Waals surface area contributed by atoms with E-state index in [1.54, 1.807) is 14.2 Å². The largest absolute Gasteiger partial charge is 0.493 e. The van der Waals surface area contributed by atoms with E-state index in [1.165, 1.54) is 22.3 Å². The quantitative estimate of drug-likeness (QED) is 0.782. The van der Waals surface area contributed by atoms with Crippen LogP contribution in [0.2, 0.25) is 0 Å². The molecule has 0 radical (unpaired) electrons. The Morgan fingerprint density at radius 3 is 2.34 bits per heavy atom. The SMILES string of the molecule is COc1cc2c(cc1OC)CN(CC(=O)N1CC=C(c3ccccc3)CC1)CC2. The molecule has 0 spiro atoms. The molecule has 2 heterocycles. The minimum Gasteiger partial charge on any atom is -0.493 e. The van der Waals surface area contributed by atoms with Crippen LogP contribution in [0, 0.1) is 0 Å². The molecule has 4 rings (SSSR count). The van der Waals surface area contributed by atoms with Gasteiger partial charge in [0.25, 0.3) is 0 Å². The van der Waals surface area contributed by atoms with Crippen LogP contribution in [0.3, 0.4) is 0 Å². The molecule has 0 atom stereocenters. The molecule has 0 aromatic heterocycles. The van der Waals surface area contributed by atoms with E-state index in [0.29, 0.717) is 13.1 Å². The number of hydrogen-bond donors (Lipinski definition) is 0. The zero-order valence-electron chi connectivity index (χ0n) is 17.2. The summed E-state index contributed by atoms with van der Waals surface area (Å²) in [6.45, 7) is 3.59. The van der Waals surface area contributed by atoms with Crippen LogP contribution in [-0.4, -0.2) is 56.1 Å². The first kappa shape index (κ1) is 19.5. The number of amides is 1. The molecule has 2 aliphatic heterocycles. The molecule has 0 saturated carbocycles. The molecule has 152 valence electrons. The predicted octanol–water partition coefficient (Wildman–Crippen LogP) is 3.38. The molecule has 1 amide bonds. The lowest BCUT2D eigenvalue weighted by atomic mass is 9.98. The second kappa shape index (κ2) is 8.70. The van der Waals surface area contributed by atoms with Gasteiger partial charge in [-0.2, -0.15) is 0 Å². The van der Waals surface area contributed by atoms with E-state index in [-0.39, 0.29) is 5.91 Å². The van der Waals surface area contributed by atoms with Crippen molar-refractivity contribution in [2.24, 2.45) is 0 Å². The zero-order chi connectivity index (χ0) is 20.2. The van der Waals surface area contributed by atoms with Crippen LogP contribution >= 0.6 is 0 Å². The summed E-state index contributed by atoms with van der Waals surface area (Å²) in [5.74, 6) is 1.72. The fraction of sp³-hybridized carbons (Fsp3) is 0.375. The summed E-state index contributed by atoms with van der Waals surface area (Å²) in [5, 5.41) is 0. The van der Waals surface area contributed by atoms with Gasteiger partial charge in [0.05, 0.1) is 20.8 Å². The van der Waals surface area contributed by atoms with Crippen molar-refractivity contribution in [3.05, 3.63) is 65.2 Å². The standard InChI is InChI=1S/C24H28N2O3/c1-28-22-14-20-8-11-25(16-21(20)15-23(22)29-2)17-24(27)26-12-9-19(10-13-26)18-6-4-3-5-7-18/h3-7,9,14-15H,8,10-13,16-17H2,1-2H3. The van der Waals surface area contributed by atoms with Gasteiger partial charge in [-0.1, -0.05) is 36.4 Å². The van der Waals surface area contributed by atoms with Gasteiger partial charge >= 0.3 is 0 Å². The van der Waals surface area contributed by atoms with Gasteiger partial charge in [0, 0.05) is 26.2 Å². The Hall–Kier alpha value is -2.79. The normalized spacial score (nSPS) is 16.8. The summed E-state index contributed by atoms with van der Waals surface area (Å²) in [7, 11) is 3.32. The number of rotatable bonds is 5. The van der Waals surface area contributed by atoms with Gasteiger partial charge in [-0.25, -0.2) is 0 Å². The second-order valence-corrected chi connectivity index (χ2v) is 7.62. The maximum absolute atomic E-state index is 12.9. The van der Waals surface area contributed by atoms with Crippen molar-refractivity contribution in [2.45, 2.75) is 19.4 Å². The lowest BCUT2D eigenvalue weighted by molar-refractivity contribution is -0.132. The van der Waals surface area contributed by atoms with Crippen molar-refractivity contribution >= 4 is 11.5 Å². The number of fused-ring (bicyclic) bond motifs is 1. The summed E-state index contributed by atoms with van der Waals surface area (Å²) in [5.41, 5.74) is 5.09. The lowest BCUT2D eigenvalue weighted by Gasteiger charge is -2.32. The molecule has 0 fully saturated rings. The number of benzene rings is 2. The molecule has 0 bridgehead atoms. The first-order valence-electron chi connectivity index (χ1n) is 10.2. The fourth-order valence-electron chi connectivity index (χ4n) is 4.18. The fourth-order valence-corrected chi connectivity index (χ4v) is 4.18. The zero-order valence-corrected chi connectivity index (χ0v) is 17.2. The van der Waals surface area contributed by atoms with Crippen LogP contribution in [0.4, 0.5) is 0 Å². The average Bonchev–Trinajstić information content (AvgIpc) is 2.78. The minimum absolute atomic E-state index is 0.206. The number of ether oxygens (including phenoxy) is 2. The van der Waals surface area contributed by atoms with Crippen LogP contribution in [0.15, 0.2) is 48.5 Å². The highest BCUT2D eigenvalue weighted by Crippen LogP contribution is 2.33. The molecule has 2 aromatic rings. The van der Waals surface area contributed by atoms with E-state index >= 15 is 0 Å². The Bertz CT molecular complexity index is 908. The molecule has 2 aromatic carbocycles. The Labute approximate surface area is 172 Å². The van der Waals surface area contributed by atoms with Gasteiger partial charge in [0.1, 0.15) is 0 Å². The molecule has 5 nitrogen and oxygen atoms in total. The van der Waals surface area contributed by atoms with Crippen LogP contribution < -0.4 is 9.47 Å². The maximum Gasteiger partial charge on any atom is 0.237 e. The van der Waals surface area contributed by atoms with Crippen LogP contribution in [0.25, 0.3) is 5.57 Å². The van der Waals surface area contributed by atoms with Crippen molar-refractivity contribution in [1.82, 2.24) is 9.80 Å². The van der Waals surface area contributed by atoms with Gasteiger partial charge < -0.3 is 14.4 Å². The molecule has 0 unspecified atom stereocenters. The van der Waals surface area contributed by atoms with Crippen molar-refractivity contribution in [2.75, 3.05) is 40.4 Å². The van der Waals surface area contributed by atoms with Gasteiger partial charge in [-0.05, 0) is 47.2 Å². The Morgan fingerprint density at radius 1 is 0.966 bits per heavy atom.